The van der Waals surface area contributed by atoms with Crippen LogP contribution in [-0.2, 0) is 28.2 Å². The van der Waals surface area contributed by atoms with Crippen LogP contribution in [0.15, 0.2) is 18.2 Å². The summed E-state index contributed by atoms with van der Waals surface area (Å²) in [5, 5.41) is 2.69. The minimum Gasteiger partial charge on any atom is -0.326 e. The van der Waals surface area contributed by atoms with Crippen molar-refractivity contribution < 1.29 is 17.1 Å². The lowest BCUT2D eigenvalue weighted by Crippen LogP contribution is -2.34. The summed E-state index contributed by atoms with van der Waals surface area (Å²) in [5.41, 5.74) is 2.25. The van der Waals surface area contributed by atoms with Crippen molar-refractivity contribution in [1.29, 1.82) is 0 Å². The molecular formula is C11H13FN2O3S. The van der Waals surface area contributed by atoms with E-state index in [4.69, 9.17) is 0 Å². The zero-order chi connectivity index (χ0) is 13.3. The molecule has 1 amide bonds. The average Bonchev–Trinajstić information content (AvgIpc) is 2.27. The smallest absolute Gasteiger partial charge is 0.326 e. The van der Waals surface area contributed by atoms with Gasteiger partial charge in [0.05, 0.1) is 0 Å². The summed E-state index contributed by atoms with van der Waals surface area (Å²) in [5.74, 6) is -0.191. The summed E-state index contributed by atoms with van der Waals surface area (Å²) in [7, 11) is -4.66. The molecule has 0 atom stereocenters. The third-order valence-corrected chi connectivity index (χ3v) is 3.78. The van der Waals surface area contributed by atoms with Crippen LogP contribution in [0.5, 0.6) is 0 Å². The monoisotopic (exact) mass is 272 g/mol. The SMILES string of the molecule is CC(=O)Nc1cccc2c1CCN(S(=O)(=O)F)C2. The number of hydrogen-bond donors (Lipinski definition) is 1. The van der Waals surface area contributed by atoms with E-state index in [0.717, 1.165) is 9.87 Å². The molecule has 0 aromatic heterocycles. The van der Waals surface area contributed by atoms with Crippen LogP contribution >= 0.6 is 0 Å². The summed E-state index contributed by atoms with van der Waals surface area (Å²) in [4.78, 5) is 11.0. The Hall–Kier alpha value is -1.47. The molecule has 0 fully saturated rings. The number of anilines is 1. The number of fused-ring (bicyclic) bond motifs is 1. The molecule has 98 valence electrons. The summed E-state index contributed by atoms with van der Waals surface area (Å²) in [6, 6.07) is 5.19. The van der Waals surface area contributed by atoms with Crippen LogP contribution in [0.1, 0.15) is 18.1 Å². The molecule has 1 heterocycles. The number of carbonyl (C=O) groups excluding carboxylic acids is 1. The molecule has 0 saturated carbocycles. The zero-order valence-electron chi connectivity index (χ0n) is 9.81. The first-order valence-corrected chi connectivity index (χ1v) is 6.80. The second kappa shape index (κ2) is 4.66. The second-order valence-electron chi connectivity index (χ2n) is 4.15. The molecule has 5 nitrogen and oxygen atoms in total. The number of carbonyl (C=O) groups is 1. The highest BCUT2D eigenvalue weighted by atomic mass is 32.3. The van der Waals surface area contributed by atoms with Crippen LogP contribution in [0.25, 0.3) is 0 Å². The first kappa shape index (κ1) is 13.0. The quantitative estimate of drug-likeness (QED) is 0.823. The van der Waals surface area contributed by atoms with Crippen LogP contribution in [-0.4, -0.2) is 25.2 Å². The Morgan fingerprint density at radius 3 is 2.78 bits per heavy atom. The Morgan fingerprint density at radius 2 is 2.17 bits per heavy atom. The lowest BCUT2D eigenvalue weighted by molar-refractivity contribution is -0.114. The molecule has 1 aromatic carbocycles. The molecule has 0 bridgehead atoms. The minimum absolute atomic E-state index is 0.00158. The fraction of sp³-hybridized carbons (Fsp3) is 0.364. The van der Waals surface area contributed by atoms with Crippen LogP contribution in [0.2, 0.25) is 0 Å². The number of rotatable bonds is 2. The van der Waals surface area contributed by atoms with E-state index in [1.54, 1.807) is 18.2 Å². The lowest BCUT2D eigenvalue weighted by Gasteiger charge is -2.26. The van der Waals surface area contributed by atoms with Gasteiger partial charge in [-0.15, -0.1) is 0 Å². The molecule has 7 heteroatoms. The standard InChI is InChI=1S/C11H13FN2O3S/c1-8(15)13-11-4-2-3-9-7-14(18(12,16)17)6-5-10(9)11/h2-4H,5-7H2,1H3,(H,13,15). The Morgan fingerprint density at radius 1 is 1.44 bits per heavy atom. The van der Waals surface area contributed by atoms with Gasteiger partial charge in [0.15, 0.2) is 0 Å². The first-order chi connectivity index (χ1) is 8.38. The van der Waals surface area contributed by atoms with Gasteiger partial charge in [0, 0.05) is 25.7 Å². The van der Waals surface area contributed by atoms with Gasteiger partial charge >= 0.3 is 10.4 Å². The topological polar surface area (TPSA) is 66.5 Å². The van der Waals surface area contributed by atoms with Crippen LogP contribution in [0.4, 0.5) is 9.57 Å². The number of hydrogen-bond acceptors (Lipinski definition) is 3. The molecular weight excluding hydrogens is 259 g/mol. The van der Waals surface area contributed by atoms with Gasteiger partial charge in [-0.1, -0.05) is 16.0 Å². The summed E-state index contributed by atoms with van der Waals surface area (Å²) >= 11 is 0. The fourth-order valence-electron chi connectivity index (χ4n) is 2.08. The van der Waals surface area contributed by atoms with E-state index in [1.807, 2.05) is 0 Å². The molecule has 1 aliphatic rings. The number of benzene rings is 1. The molecule has 0 saturated heterocycles. The maximum atomic E-state index is 12.9. The third kappa shape index (κ3) is 2.68. The van der Waals surface area contributed by atoms with Gasteiger partial charge < -0.3 is 5.32 Å². The minimum atomic E-state index is -4.66. The van der Waals surface area contributed by atoms with E-state index < -0.39 is 10.4 Å². The Balaban J connectivity index is 2.33. The predicted molar refractivity (Wildman–Crippen MR) is 64.9 cm³/mol. The van der Waals surface area contributed by atoms with Crippen LogP contribution in [0.3, 0.4) is 0 Å². The summed E-state index contributed by atoms with van der Waals surface area (Å²) in [6.07, 6.45) is 0.384. The number of nitrogens with one attached hydrogen (secondary N) is 1. The molecule has 1 aliphatic heterocycles. The Kier molecular flexibility index (Phi) is 3.36. The first-order valence-electron chi connectivity index (χ1n) is 5.46. The van der Waals surface area contributed by atoms with Crippen molar-refractivity contribution in [3.63, 3.8) is 0 Å². The van der Waals surface area contributed by atoms with E-state index in [2.05, 4.69) is 5.32 Å². The van der Waals surface area contributed by atoms with Gasteiger partial charge in [0.25, 0.3) is 0 Å². The highest BCUT2D eigenvalue weighted by Crippen LogP contribution is 2.27. The molecule has 1 aromatic rings. The van der Waals surface area contributed by atoms with Gasteiger partial charge in [-0.05, 0) is 23.6 Å². The van der Waals surface area contributed by atoms with Crippen LogP contribution < -0.4 is 5.32 Å². The highest BCUT2D eigenvalue weighted by molar-refractivity contribution is 7.83. The highest BCUT2D eigenvalue weighted by Gasteiger charge is 2.27. The zero-order valence-corrected chi connectivity index (χ0v) is 10.6. The second-order valence-corrected chi connectivity index (χ2v) is 5.49. The maximum Gasteiger partial charge on any atom is 0.375 e. The van der Waals surface area contributed by atoms with Crippen molar-refractivity contribution >= 4 is 22.0 Å². The maximum absolute atomic E-state index is 12.9. The number of halogens is 1. The van der Waals surface area contributed by atoms with Crippen molar-refractivity contribution in [3.8, 4) is 0 Å². The summed E-state index contributed by atoms with van der Waals surface area (Å²) in [6.45, 7) is 1.49. The van der Waals surface area contributed by atoms with Gasteiger partial charge in [0.1, 0.15) is 0 Å². The predicted octanol–water partition coefficient (Wildman–Crippen LogP) is 1.22. The average molecular weight is 272 g/mol. The van der Waals surface area contributed by atoms with Gasteiger partial charge in [-0.3, -0.25) is 4.79 Å². The fourth-order valence-corrected chi connectivity index (χ4v) is 2.68. The summed E-state index contributed by atoms with van der Waals surface area (Å²) < 4.78 is 35.4. The normalized spacial score (nSPS) is 16.1. The molecule has 0 unspecified atom stereocenters. The number of amides is 1. The molecule has 0 aliphatic carbocycles. The largest absolute Gasteiger partial charge is 0.375 e. The molecule has 0 spiro atoms. The van der Waals surface area contributed by atoms with Crippen molar-refractivity contribution in [2.45, 2.75) is 19.9 Å². The molecule has 1 N–H and O–H groups in total. The van der Waals surface area contributed by atoms with Crippen molar-refractivity contribution in [3.05, 3.63) is 29.3 Å². The van der Waals surface area contributed by atoms with E-state index in [9.17, 15) is 17.1 Å². The van der Waals surface area contributed by atoms with E-state index in [0.29, 0.717) is 17.7 Å². The van der Waals surface area contributed by atoms with E-state index in [1.165, 1.54) is 6.92 Å². The third-order valence-electron chi connectivity index (χ3n) is 2.85. The van der Waals surface area contributed by atoms with Crippen molar-refractivity contribution in [2.75, 3.05) is 11.9 Å². The van der Waals surface area contributed by atoms with E-state index in [-0.39, 0.29) is 19.0 Å². The number of nitrogens with zero attached hydrogens (tertiary/aromatic N) is 1. The molecule has 2 rings (SSSR count). The van der Waals surface area contributed by atoms with Crippen molar-refractivity contribution in [2.24, 2.45) is 0 Å². The van der Waals surface area contributed by atoms with Gasteiger partial charge in [-0.25, -0.2) is 0 Å². The van der Waals surface area contributed by atoms with Gasteiger partial charge in [0.2, 0.25) is 5.91 Å². The Bertz CT molecular complexity index is 586. The van der Waals surface area contributed by atoms with Gasteiger partial charge in [-0.2, -0.15) is 12.7 Å². The van der Waals surface area contributed by atoms with E-state index >= 15 is 0 Å². The lowest BCUT2D eigenvalue weighted by atomic mass is 9.99. The molecule has 0 radical (unpaired) electrons. The van der Waals surface area contributed by atoms with Crippen LogP contribution in [0, 0.1) is 0 Å². The Labute approximate surface area is 105 Å². The molecule has 18 heavy (non-hydrogen) atoms. The van der Waals surface area contributed by atoms with Crippen molar-refractivity contribution in [1.82, 2.24) is 4.31 Å².